The molecule has 1 N–H and O–H groups in total. The first-order chi connectivity index (χ1) is 14.0. The van der Waals surface area contributed by atoms with Crippen LogP contribution in [0.15, 0.2) is 18.2 Å². The summed E-state index contributed by atoms with van der Waals surface area (Å²) in [6.45, 7) is 2.07. The van der Waals surface area contributed by atoms with Gasteiger partial charge in [0, 0.05) is 31.1 Å². The van der Waals surface area contributed by atoms with Crippen LogP contribution in [0.5, 0.6) is 0 Å². The molecule has 3 aliphatic rings. The lowest BCUT2D eigenvalue weighted by molar-refractivity contribution is -0.140. The van der Waals surface area contributed by atoms with Gasteiger partial charge < -0.3 is 10.2 Å². The van der Waals surface area contributed by atoms with E-state index in [0.717, 1.165) is 57.3 Å². The van der Waals surface area contributed by atoms with Gasteiger partial charge >= 0.3 is 0 Å². The second kappa shape index (κ2) is 8.74. The van der Waals surface area contributed by atoms with Gasteiger partial charge in [-0.3, -0.25) is 19.3 Å². The number of amides is 3. The van der Waals surface area contributed by atoms with Crippen molar-refractivity contribution in [2.75, 3.05) is 29.9 Å². The third-order valence-corrected chi connectivity index (χ3v) is 6.66. The molecule has 29 heavy (non-hydrogen) atoms. The number of anilines is 2. The summed E-state index contributed by atoms with van der Waals surface area (Å²) < 4.78 is 0. The average molecular weight is 418 g/mol. The van der Waals surface area contributed by atoms with Gasteiger partial charge in [0.25, 0.3) is 0 Å². The Bertz CT molecular complexity index is 782. The van der Waals surface area contributed by atoms with Crippen LogP contribution in [-0.4, -0.2) is 42.3 Å². The molecule has 156 valence electrons. The van der Waals surface area contributed by atoms with Crippen LogP contribution in [0.1, 0.15) is 51.4 Å². The summed E-state index contributed by atoms with van der Waals surface area (Å²) in [6, 6.07) is 5.55. The minimum Gasteiger partial charge on any atom is -0.370 e. The van der Waals surface area contributed by atoms with E-state index in [-0.39, 0.29) is 42.5 Å². The molecule has 1 aromatic carbocycles. The number of carbonyl (C=O) groups excluding carboxylic acids is 3. The Morgan fingerprint density at radius 1 is 1.00 bits per heavy atom. The van der Waals surface area contributed by atoms with Crippen molar-refractivity contribution >= 4 is 40.7 Å². The Labute approximate surface area is 176 Å². The number of nitrogens with one attached hydrogen (secondary N) is 1. The summed E-state index contributed by atoms with van der Waals surface area (Å²) in [7, 11) is 0. The van der Waals surface area contributed by atoms with E-state index in [4.69, 9.17) is 11.6 Å². The minimum absolute atomic E-state index is 0.0933. The fourth-order valence-electron chi connectivity index (χ4n) is 4.90. The van der Waals surface area contributed by atoms with Gasteiger partial charge in [-0.05, 0) is 50.3 Å². The first-order valence-corrected chi connectivity index (χ1v) is 11.1. The molecule has 1 saturated carbocycles. The van der Waals surface area contributed by atoms with Crippen molar-refractivity contribution in [3.63, 3.8) is 0 Å². The van der Waals surface area contributed by atoms with Crippen molar-refractivity contribution in [2.24, 2.45) is 11.8 Å². The number of carbonyl (C=O) groups is 3. The Morgan fingerprint density at radius 2 is 1.66 bits per heavy atom. The number of hydrogen-bond donors (Lipinski definition) is 1. The highest BCUT2D eigenvalue weighted by molar-refractivity contribution is 6.31. The lowest BCUT2D eigenvalue weighted by Gasteiger charge is -2.30. The fourth-order valence-corrected chi connectivity index (χ4v) is 5.07. The number of halogens is 1. The molecule has 0 spiro atoms. The molecule has 2 atom stereocenters. The lowest BCUT2D eigenvalue weighted by Crippen LogP contribution is -2.34. The number of likely N-dealkylation sites (tertiary alicyclic amines) is 1. The van der Waals surface area contributed by atoms with E-state index in [2.05, 4.69) is 10.2 Å². The molecule has 7 heteroatoms. The zero-order valence-electron chi connectivity index (χ0n) is 16.7. The maximum atomic E-state index is 12.6. The second-order valence-corrected chi connectivity index (χ2v) is 8.77. The molecule has 2 heterocycles. The number of rotatable bonds is 5. The third kappa shape index (κ3) is 4.27. The molecule has 3 fully saturated rings. The van der Waals surface area contributed by atoms with Crippen LogP contribution >= 0.6 is 11.6 Å². The van der Waals surface area contributed by atoms with Crippen molar-refractivity contribution in [1.29, 1.82) is 0 Å². The first kappa shape index (κ1) is 20.2. The number of fused-ring (bicyclic) bond motifs is 1. The lowest BCUT2D eigenvalue weighted by atomic mass is 9.81. The van der Waals surface area contributed by atoms with Crippen LogP contribution < -0.4 is 10.2 Å². The normalized spacial score (nSPS) is 24.6. The molecule has 1 aromatic rings. The highest BCUT2D eigenvalue weighted by Gasteiger charge is 2.47. The van der Waals surface area contributed by atoms with E-state index in [9.17, 15) is 14.4 Å². The van der Waals surface area contributed by atoms with Crippen molar-refractivity contribution in [1.82, 2.24) is 4.90 Å². The average Bonchev–Trinajstić information content (AvgIpc) is 2.98. The number of nitrogens with zero attached hydrogens (tertiary/aromatic N) is 2. The van der Waals surface area contributed by atoms with Gasteiger partial charge in [0.15, 0.2) is 0 Å². The van der Waals surface area contributed by atoms with Gasteiger partial charge in [0.1, 0.15) is 0 Å². The van der Waals surface area contributed by atoms with Crippen LogP contribution in [0.2, 0.25) is 5.02 Å². The summed E-state index contributed by atoms with van der Waals surface area (Å²) in [4.78, 5) is 41.4. The number of hydrogen-bond acceptors (Lipinski definition) is 4. The molecule has 2 aliphatic heterocycles. The van der Waals surface area contributed by atoms with Crippen LogP contribution in [0, 0.1) is 11.8 Å². The van der Waals surface area contributed by atoms with E-state index >= 15 is 0 Å². The van der Waals surface area contributed by atoms with Gasteiger partial charge in [-0.2, -0.15) is 0 Å². The summed E-state index contributed by atoms with van der Waals surface area (Å²) in [5.41, 5.74) is 1.67. The highest BCUT2D eigenvalue weighted by atomic mass is 35.5. The summed E-state index contributed by atoms with van der Waals surface area (Å²) in [5, 5.41) is 3.52. The SMILES string of the molecule is O=C(CCN1C(=O)[C@H]2CCCC[C@@H]2C1=O)Nc1cc(Cl)ccc1N1CCCCC1. The number of imide groups is 1. The fraction of sp³-hybridized carbons (Fsp3) is 0.591. The van der Waals surface area contributed by atoms with Gasteiger partial charge in [-0.25, -0.2) is 0 Å². The van der Waals surface area contributed by atoms with Crippen LogP contribution in [-0.2, 0) is 14.4 Å². The Morgan fingerprint density at radius 3 is 2.31 bits per heavy atom. The maximum absolute atomic E-state index is 12.6. The largest absolute Gasteiger partial charge is 0.370 e. The quantitative estimate of drug-likeness (QED) is 0.739. The van der Waals surface area contributed by atoms with Crippen molar-refractivity contribution < 1.29 is 14.4 Å². The van der Waals surface area contributed by atoms with Crippen molar-refractivity contribution in [2.45, 2.75) is 51.4 Å². The van der Waals surface area contributed by atoms with Crippen molar-refractivity contribution in [3.05, 3.63) is 23.2 Å². The van der Waals surface area contributed by atoms with E-state index in [1.807, 2.05) is 12.1 Å². The van der Waals surface area contributed by atoms with Gasteiger partial charge in [-0.1, -0.05) is 24.4 Å². The van der Waals surface area contributed by atoms with E-state index in [0.29, 0.717) is 10.7 Å². The van der Waals surface area contributed by atoms with E-state index in [1.165, 1.54) is 11.3 Å². The molecule has 3 amide bonds. The van der Waals surface area contributed by atoms with Crippen LogP contribution in [0.25, 0.3) is 0 Å². The minimum atomic E-state index is -0.207. The highest BCUT2D eigenvalue weighted by Crippen LogP contribution is 2.38. The zero-order valence-corrected chi connectivity index (χ0v) is 17.4. The van der Waals surface area contributed by atoms with E-state index < -0.39 is 0 Å². The molecule has 0 radical (unpaired) electrons. The summed E-state index contributed by atoms with van der Waals surface area (Å²) in [5.74, 6) is -0.731. The van der Waals surface area contributed by atoms with Gasteiger partial charge in [0.2, 0.25) is 17.7 Å². The first-order valence-electron chi connectivity index (χ1n) is 10.7. The predicted octanol–water partition coefficient (Wildman–Crippen LogP) is 3.83. The Kier molecular flexibility index (Phi) is 6.09. The Balaban J connectivity index is 1.39. The molecule has 2 saturated heterocycles. The third-order valence-electron chi connectivity index (χ3n) is 6.42. The maximum Gasteiger partial charge on any atom is 0.233 e. The number of piperidine rings is 1. The molecular weight excluding hydrogens is 390 g/mol. The number of benzene rings is 1. The predicted molar refractivity (Wildman–Crippen MR) is 113 cm³/mol. The topological polar surface area (TPSA) is 69.7 Å². The van der Waals surface area contributed by atoms with Crippen molar-refractivity contribution in [3.8, 4) is 0 Å². The monoisotopic (exact) mass is 417 g/mol. The molecular formula is C22H28ClN3O3. The molecule has 6 nitrogen and oxygen atoms in total. The second-order valence-electron chi connectivity index (χ2n) is 8.33. The van der Waals surface area contributed by atoms with Gasteiger partial charge in [-0.15, -0.1) is 0 Å². The van der Waals surface area contributed by atoms with Crippen LogP contribution in [0.3, 0.4) is 0 Å². The van der Waals surface area contributed by atoms with Gasteiger partial charge in [0.05, 0.1) is 23.2 Å². The molecule has 1 aliphatic carbocycles. The summed E-state index contributed by atoms with van der Waals surface area (Å²) >= 11 is 6.16. The zero-order chi connectivity index (χ0) is 20.4. The smallest absolute Gasteiger partial charge is 0.233 e. The Hall–Kier alpha value is -2.08. The molecule has 0 bridgehead atoms. The molecule has 0 aromatic heterocycles. The summed E-state index contributed by atoms with van der Waals surface area (Å²) in [6.07, 6.45) is 7.19. The molecule has 0 unspecified atom stereocenters. The van der Waals surface area contributed by atoms with Crippen LogP contribution in [0.4, 0.5) is 11.4 Å². The standard InChI is InChI=1S/C22H28ClN3O3/c23-15-8-9-19(25-11-4-1-5-12-25)18(14-15)24-20(27)10-13-26-21(28)16-6-2-3-7-17(16)22(26)29/h8-9,14,16-17H,1-7,10-13H2,(H,24,27)/t16-,17-/m0/s1. The van der Waals surface area contributed by atoms with E-state index in [1.54, 1.807) is 6.07 Å². The molecule has 4 rings (SSSR count).